The summed E-state index contributed by atoms with van der Waals surface area (Å²) in [7, 11) is 0. The summed E-state index contributed by atoms with van der Waals surface area (Å²) >= 11 is 0. The van der Waals surface area contributed by atoms with E-state index in [9.17, 15) is 5.11 Å². The highest BCUT2D eigenvalue weighted by Gasteiger charge is 2.43. The van der Waals surface area contributed by atoms with Crippen LogP contribution in [0.25, 0.3) is 4.85 Å². The molecule has 2 heteroatoms. The second-order valence-corrected chi connectivity index (χ2v) is 2.88. The fourth-order valence-electron chi connectivity index (χ4n) is 1.26. The van der Waals surface area contributed by atoms with Crippen molar-refractivity contribution in [2.24, 2.45) is 0 Å². The molecular weight excluding hydrogens is 114 g/mol. The van der Waals surface area contributed by atoms with Crippen LogP contribution in [0.5, 0.6) is 0 Å². The van der Waals surface area contributed by atoms with Gasteiger partial charge in [0, 0.05) is 13.3 Å². The number of hydrogen-bond donors (Lipinski definition) is 1. The number of hydrogen-bond acceptors (Lipinski definition) is 1. The van der Waals surface area contributed by atoms with Gasteiger partial charge in [0.05, 0.1) is 0 Å². The third-order valence-corrected chi connectivity index (χ3v) is 2.13. The Hall–Kier alpha value is -0.550. The first-order chi connectivity index (χ1) is 4.19. The predicted molar refractivity (Wildman–Crippen MR) is 34.9 cm³/mol. The van der Waals surface area contributed by atoms with Crippen LogP contribution >= 0.6 is 0 Å². The third-order valence-electron chi connectivity index (χ3n) is 2.13. The standard InChI is InChI=1S/C7H11NO/c1-7(8-2)5-3-4-6(7)9/h6,9H,3-5H2,1H3/t6-,7-/m1/s1. The minimum atomic E-state index is -0.458. The monoisotopic (exact) mass is 125 g/mol. The van der Waals surface area contributed by atoms with E-state index in [1.807, 2.05) is 6.92 Å². The molecule has 1 aliphatic rings. The first-order valence-corrected chi connectivity index (χ1v) is 3.26. The van der Waals surface area contributed by atoms with Gasteiger partial charge in [0.2, 0.25) is 0 Å². The Bertz CT molecular complexity index is 149. The van der Waals surface area contributed by atoms with Crippen LogP contribution in [0.15, 0.2) is 0 Å². The Morgan fingerprint density at radius 1 is 1.78 bits per heavy atom. The van der Waals surface area contributed by atoms with Crippen LogP contribution in [0.4, 0.5) is 0 Å². The molecule has 9 heavy (non-hydrogen) atoms. The van der Waals surface area contributed by atoms with Crippen molar-refractivity contribution in [2.45, 2.75) is 37.8 Å². The van der Waals surface area contributed by atoms with E-state index in [-0.39, 0.29) is 6.10 Å². The molecule has 0 aromatic carbocycles. The third kappa shape index (κ3) is 0.927. The summed E-state index contributed by atoms with van der Waals surface area (Å²) in [6.07, 6.45) is 2.28. The Morgan fingerprint density at radius 2 is 2.44 bits per heavy atom. The lowest BCUT2D eigenvalue weighted by Crippen LogP contribution is -2.29. The van der Waals surface area contributed by atoms with E-state index in [0.717, 1.165) is 19.3 Å². The lowest BCUT2D eigenvalue weighted by atomic mass is 10.00. The Labute approximate surface area is 55.3 Å². The van der Waals surface area contributed by atoms with E-state index in [1.165, 1.54) is 0 Å². The van der Waals surface area contributed by atoms with Crippen molar-refractivity contribution in [3.63, 3.8) is 0 Å². The summed E-state index contributed by atoms with van der Waals surface area (Å²) in [6, 6.07) is 0. The normalized spacial score (nSPS) is 42.6. The van der Waals surface area contributed by atoms with Gasteiger partial charge in [-0.05, 0) is 12.8 Å². The van der Waals surface area contributed by atoms with Gasteiger partial charge in [0.25, 0.3) is 5.54 Å². The van der Waals surface area contributed by atoms with Gasteiger partial charge in [-0.25, -0.2) is 6.57 Å². The average Bonchev–Trinajstić information content (AvgIpc) is 2.15. The highest BCUT2D eigenvalue weighted by atomic mass is 16.3. The molecule has 0 unspecified atom stereocenters. The van der Waals surface area contributed by atoms with Crippen molar-refractivity contribution < 1.29 is 5.11 Å². The van der Waals surface area contributed by atoms with Crippen LogP contribution in [-0.4, -0.2) is 16.7 Å². The molecule has 0 aromatic rings. The van der Waals surface area contributed by atoms with Gasteiger partial charge in [-0.15, -0.1) is 0 Å². The highest BCUT2D eigenvalue weighted by Crippen LogP contribution is 2.32. The maximum Gasteiger partial charge on any atom is 0.255 e. The molecule has 0 bridgehead atoms. The molecular formula is C7H11NO. The van der Waals surface area contributed by atoms with Crippen molar-refractivity contribution in [3.8, 4) is 0 Å². The van der Waals surface area contributed by atoms with Gasteiger partial charge < -0.3 is 9.95 Å². The van der Waals surface area contributed by atoms with Gasteiger partial charge >= 0.3 is 0 Å². The largest absolute Gasteiger partial charge is 0.385 e. The molecule has 1 aliphatic carbocycles. The molecule has 0 heterocycles. The lowest BCUT2D eigenvalue weighted by Gasteiger charge is -2.12. The summed E-state index contributed by atoms with van der Waals surface area (Å²) in [5, 5.41) is 9.23. The van der Waals surface area contributed by atoms with Crippen LogP contribution in [0.2, 0.25) is 0 Å². The molecule has 0 saturated heterocycles. The molecule has 50 valence electrons. The zero-order chi connectivity index (χ0) is 6.91. The van der Waals surface area contributed by atoms with Gasteiger partial charge in [-0.3, -0.25) is 0 Å². The second-order valence-electron chi connectivity index (χ2n) is 2.88. The summed E-state index contributed by atoms with van der Waals surface area (Å²) < 4.78 is 0. The van der Waals surface area contributed by atoms with Gasteiger partial charge in [0.15, 0.2) is 0 Å². The van der Waals surface area contributed by atoms with E-state index in [0.29, 0.717) is 0 Å². The molecule has 1 N–H and O–H groups in total. The number of nitrogens with zero attached hydrogens (tertiary/aromatic N) is 1. The molecule has 1 rings (SSSR count). The first-order valence-electron chi connectivity index (χ1n) is 3.26. The van der Waals surface area contributed by atoms with Crippen molar-refractivity contribution in [1.82, 2.24) is 0 Å². The minimum absolute atomic E-state index is 0.380. The number of rotatable bonds is 0. The molecule has 1 fully saturated rings. The maximum absolute atomic E-state index is 9.23. The highest BCUT2D eigenvalue weighted by molar-refractivity contribution is 5.04. The average molecular weight is 125 g/mol. The molecule has 2 nitrogen and oxygen atoms in total. The van der Waals surface area contributed by atoms with Crippen LogP contribution in [0.1, 0.15) is 26.2 Å². The van der Waals surface area contributed by atoms with Crippen LogP contribution in [-0.2, 0) is 0 Å². The lowest BCUT2D eigenvalue weighted by molar-refractivity contribution is 0.139. The molecule has 1 saturated carbocycles. The summed E-state index contributed by atoms with van der Waals surface area (Å²) in [4.78, 5) is 3.40. The van der Waals surface area contributed by atoms with Crippen molar-refractivity contribution in [2.75, 3.05) is 0 Å². The Balaban J connectivity index is 2.70. The zero-order valence-electron chi connectivity index (χ0n) is 5.59. The summed E-state index contributed by atoms with van der Waals surface area (Å²) in [6.45, 7) is 8.62. The first kappa shape index (κ1) is 6.57. The van der Waals surface area contributed by atoms with E-state index in [1.54, 1.807) is 0 Å². The fourth-order valence-corrected chi connectivity index (χ4v) is 1.26. The molecule has 0 spiro atoms. The van der Waals surface area contributed by atoms with E-state index < -0.39 is 5.54 Å². The molecule has 0 aromatic heterocycles. The molecule has 0 amide bonds. The van der Waals surface area contributed by atoms with E-state index in [2.05, 4.69) is 4.85 Å². The summed E-state index contributed by atoms with van der Waals surface area (Å²) in [5.74, 6) is 0. The topological polar surface area (TPSA) is 24.6 Å². The van der Waals surface area contributed by atoms with E-state index >= 15 is 0 Å². The van der Waals surface area contributed by atoms with Gasteiger partial charge in [-0.2, -0.15) is 0 Å². The molecule has 0 radical (unpaired) electrons. The van der Waals surface area contributed by atoms with Crippen molar-refractivity contribution in [3.05, 3.63) is 11.4 Å². The van der Waals surface area contributed by atoms with Gasteiger partial charge in [0.1, 0.15) is 6.10 Å². The quantitative estimate of drug-likeness (QED) is 0.483. The number of aliphatic hydroxyl groups is 1. The minimum Gasteiger partial charge on any atom is -0.385 e. The summed E-state index contributed by atoms with van der Waals surface area (Å²) in [5.41, 5.74) is -0.458. The van der Waals surface area contributed by atoms with E-state index in [4.69, 9.17) is 6.57 Å². The SMILES string of the molecule is [C-]#[N+][C@]1(C)CCC[C@H]1O. The Morgan fingerprint density at radius 3 is 2.67 bits per heavy atom. The smallest absolute Gasteiger partial charge is 0.255 e. The second kappa shape index (κ2) is 2.00. The van der Waals surface area contributed by atoms with Crippen molar-refractivity contribution >= 4 is 0 Å². The van der Waals surface area contributed by atoms with Crippen LogP contribution in [0.3, 0.4) is 0 Å². The predicted octanol–water partition coefficient (Wildman–Crippen LogP) is 1.21. The zero-order valence-corrected chi connectivity index (χ0v) is 5.59. The molecule has 0 aliphatic heterocycles. The number of aliphatic hydroxyl groups excluding tert-OH is 1. The van der Waals surface area contributed by atoms with Crippen LogP contribution in [0, 0.1) is 6.57 Å². The molecule has 2 atom stereocenters. The van der Waals surface area contributed by atoms with Crippen molar-refractivity contribution in [1.29, 1.82) is 0 Å². The maximum atomic E-state index is 9.23. The van der Waals surface area contributed by atoms with Gasteiger partial charge in [-0.1, -0.05) is 0 Å². The fraction of sp³-hybridized carbons (Fsp3) is 0.857. The van der Waals surface area contributed by atoms with Crippen LogP contribution < -0.4 is 0 Å². The Kier molecular flexibility index (Phi) is 1.46.